The van der Waals surface area contributed by atoms with E-state index in [9.17, 15) is 4.79 Å². The topological polar surface area (TPSA) is 36.8 Å². The first-order valence-corrected chi connectivity index (χ1v) is 9.56. The summed E-state index contributed by atoms with van der Waals surface area (Å²) in [7, 11) is 0. The molecule has 1 heterocycles. The van der Waals surface area contributed by atoms with Crippen molar-refractivity contribution in [1.82, 2.24) is 5.32 Å². The van der Waals surface area contributed by atoms with Gasteiger partial charge in [0.2, 0.25) is 0 Å². The lowest BCUT2D eigenvalue weighted by atomic mass is 9.78. The Labute approximate surface area is 146 Å². The molecule has 1 saturated heterocycles. The van der Waals surface area contributed by atoms with Crippen LogP contribution >= 0.6 is 0 Å². The van der Waals surface area contributed by atoms with E-state index in [-0.39, 0.29) is 5.91 Å². The second-order valence-corrected chi connectivity index (χ2v) is 7.69. The summed E-state index contributed by atoms with van der Waals surface area (Å²) in [5.74, 6) is 1.57. The van der Waals surface area contributed by atoms with Crippen LogP contribution in [-0.4, -0.2) is 44.7 Å². The molecule has 1 aromatic carbocycles. The summed E-state index contributed by atoms with van der Waals surface area (Å²) in [6.07, 6.45) is 3.70. The molecular weight excluding hydrogens is 298 g/mol. The largest absolute Gasteiger partial charge is 0.360 e. The fourth-order valence-electron chi connectivity index (χ4n) is 4.17. The Kier molecular flexibility index (Phi) is 5.77. The Bertz CT molecular complexity index is 525. The summed E-state index contributed by atoms with van der Waals surface area (Å²) in [6, 6.07) is 11.0. The smallest absolute Gasteiger partial charge is 0.275 e. The van der Waals surface area contributed by atoms with Crippen molar-refractivity contribution in [3.05, 3.63) is 30.3 Å². The number of hydrogen-bond donors (Lipinski definition) is 2. The summed E-state index contributed by atoms with van der Waals surface area (Å²) >= 11 is 0. The van der Waals surface area contributed by atoms with Crippen LogP contribution in [0.5, 0.6) is 0 Å². The van der Waals surface area contributed by atoms with Crippen LogP contribution in [0.15, 0.2) is 30.3 Å². The molecule has 0 unspecified atom stereocenters. The second kappa shape index (κ2) is 8.02. The summed E-state index contributed by atoms with van der Waals surface area (Å²) in [4.78, 5) is 16.3. The molecule has 4 nitrogen and oxygen atoms in total. The number of quaternary nitrogens is 1. The van der Waals surface area contributed by atoms with Crippen LogP contribution in [0.4, 0.5) is 5.69 Å². The highest BCUT2D eigenvalue weighted by atomic mass is 16.2. The molecule has 2 fully saturated rings. The number of piperazine rings is 1. The number of amides is 1. The van der Waals surface area contributed by atoms with Gasteiger partial charge in [-0.1, -0.05) is 44.9 Å². The van der Waals surface area contributed by atoms with E-state index in [4.69, 9.17) is 0 Å². The zero-order chi connectivity index (χ0) is 16.9. The van der Waals surface area contributed by atoms with Crippen LogP contribution in [0.2, 0.25) is 0 Å². The van der Waals surface area contributed by atoms with Crippen molar-refractivity contribution < 1.29 is 9.69 Å². The Morgan fingerprint density at radius 1 is 1.17 bits per heavy atom. The number of nitrogens with zero attached hydrogens (tertiary/aromatic N) is 1. The minimum atomic E-state index is 0.240. The third-order valence-corrected chi connectivity index (χ3v) is 6.06. The lowest BCUT2D eigenvalue weighted by Gasteiger charge is -2.36. The molecule has 1 amide bonds. The van der Waals surface area contributed by atoms with Crippen molar-refractivity contribution in [3.8, 4) is 0 Å². The maximum Gasteiger partial charge on any atom is 0.275 e. The van der Waals surface area contributed by atoms with E-state index < -0.39 is 0 Å². The van der Waals surface area contributed by atoms with E-state index in [0.29, 0.717) is 18.5 Å². The molecule has 3 atom stereocenters. The minimum Gasteiger partial charge on any atom is -0.360 e. The molecule has 24 heavy (non-hydrogen) atoms. The number of anilines is 1. The molecule has 3 rings (SSSR count). The molecule has 1 aliphatic carbocycles. The first-order valence-electron chi connectivity index (χ1n) is 9.56. The van der Waals surface area contributed by atoms with Gasteiger partial charge in [0.05, 0.1) is 26.2 Å². The van der Waals surface area contributed by atoms with Crippen LogP contribution in [0.3, 0.4) is 0 Å². The number of carbonyl (C=O) groups excluding carboxylic acids is 1. The van der Waals surface area contributed by atoms with Crippen molar-refractivity contribution in [2.75, 3.05) is 37.6 Å². The fraction of sp³-hybridized carbons (Fsp3) is 0.650. The second-order valence-electron chi connectivity index (χ2n) is 7.69. The van der Waals surface area contributed by atoms with E-state index in [1.54, 1.807) is 0 Å². The minimum absolute atomic E-state index is 0.240. The van der Waals surface area contributed by atoms with Gasteiger partial charge >= 0.3 is 0 Å². The average molecular weight is 330 g/mol. The molecule has 0 aromatic heterocycles. The van der Waals surface area contributed by atoms with E-state index >= 15 is 0 Å². The Hall–Kier alpha value is -1.55. The summed E-state index contributed by atoms with van der Waals surface area (Å²) in [5, 5.41) is 3.32. The summed E-state index contributed by atoms with van der Waals surface area (Å²) in [5.41, 5.74) is 1.30. The predicted octanol–water partition coefficient (Wildman–Crippen LogP) is 1.33. The van der Waals surface area contributed by atoms with E-state index in [2.05, 4.69) is 54.4 Å². The third-order valence-electron chi connectivity index (χ3n) is 6.06. The number of benzene rings is 1. The van der Waals surface area contributed by atoms with Gasteiger partial charge in [-0.2, -0.15) is 0 Å². The Morgan fingerprint density at radius 2 is 1.88 bits per heavy atom. The van der Waals surface area contributed by atoms with Gasteiger partial charge in [0, 0.05) is 11.7 Å². The standard InChI is InChI=1S/C20H31N3O/c1-16-7-6-10-19(17(16)2)21-20(24)15-22-11-13-23(14-12-22)18-8-4-3-5-9-18/h3-5,8-9,16-17,19H,6-7,10-15H2,1-2H3,(H,21,24)/p+1/t16-,17+,19-/m0/s1. The first-order chi connectivity index (χ1) is 11.6. The molecular formula is C20H32N3O+. The van der Waals surface area contributed by atoms with Crippen molar-refractivity contribution in [2.45, 2.75) is 39.2 Å². The molecule has 2 aliphatic rings. The van der Waals surface area contributed by atoms with Gasteiger partial charge in [-0.3, -0.25) is 4.79 Å². The van der Waals surface area contributed by atoms with E-state index in [0.717, 1.165) is 38.5 Å². The fourth-order valence-corrected chi connectivity index (χ4v) is 4.17. The maximum absolute atomic E-state index is 12.4. The highest BCUT2D eigenvalue weighted by molar-refractivity contribution is 5.77. The number of carbonyl (C=O) groups is 1. The SMILES string of the molecule is C[C@H]1[C@@H](NC(=O)C[NH+]2CCN(c3ccccc3)CC2)CCC[C@@H]1C. The lowest BCUT2D eigenvalue weighted by Crippen LogP contribution is -3.16. The monoisotopic (exact) mass is 330 g/mol. The van der Waals surface area contributed by atoms with Crippen LogP contribution in [0.25, 0.3) is 0 Å². The van der Waals surface area contributed by atoms with Gasteiger partial charge in [0.15, 0.2) is 6.54 Å². The lowest BCUT2D eigenvalue weighted by molar-refractivity contribution is -0.892. The van der Waals surface area contributed by atoms with Crippen LogP contribution in [0.1, 0.15) is 33.1 Å². The zero-order valence-electron chi connectivity index (χ0n) is 15.1. The van der Waals surface area contributed by atoms with Crippen molar-refractivity contribution >= 4 is 11.6 Å². The van der Waals surface area contributed by atoms with Crippen LogP contribution < -0.4 is 15.1 Å². The quantitative estimate of drug-likeness (QED) is 0.874. The molecule has 132 valence electrons. The Morgan fingerprint density at radius 3 is 2.58 bits per heavy atom. The van der Waals surface area contributed by atoms with Gasteiger partial charge in [-0.25, -0.2) is 0 Å². The predicted molar refractivity (Wildman–Crippen MR) is 98.3 cm³/mol. The maximum atomic E-state index is 12.4. The highest BCUT2D eigenvalue weighted by Gasteiger charge is 2.29. The van der Waals surface area contributed by atoms with Crippen LogP contribution in [-0.2, 0) is 4.79 Å². The van der Waals surface area contributed by atoms with Crippen molar-refractivity contribution in [1.29, 1.82) is 0 Å². The molecule has 0 bridgehead atoms. The van der Waals surface area contributed by atoms with Gasteiger partial charge in [-0.05, 0) is 30.4 Å². The zero-order valence-corrected chi connectivity index (χ0v) is 15.1. The van der Waals surface area contributed by atoms with Crippen molar-refractivity contribution in [3.63, 3.8) is 0 Å². The normalized spacial score (nSPS) is 28.6. The molecule has 0 spiro atoms. The number of hydrogen-bond acceptors (Lipinski definition) is 2. The van der Waals surface area contributed by atoms with Gasteiger partial charge in [0.1, 0.15) is 0 Å². The summed E-state index contributed by atoms with van der Waals surface area (Å²) in [6.45, 7) is 9.38. The molecule has 1 aromatic rings. The van der Waals surface area contributed by atoms with E-state index in [1.165, 1.54) is 23.4 Å². The van der Waals surface area contributed by atoms with Crippen LogP contribution in [0, 0.1) is 11.8 Å². The van der Waals surface area contributed by atoms with Gasteiger partial charge < -0.3 is 15.1 Å². The first kappa shape index (κ1) is 17.3. The molecule has 4 heteroatoms. The molecule has 1 saturated carbocycles. The number of rotatable bonds is 4. The average Bonchev–Trinajstić information content (AvgIpc) is 2.60. The number of para-hydroxylation sites is 1. The van der Waals surface area contributed by atoms with Crippen molar-refractivity contribution in [2.24, 2.45) is 11.8 Å². The van der Waals surface area contributed by atoms with E-state index in [1.807, 2.05) is 0 Å². The van der Waals surface area contributed by atoms with Gasteiger partial charge in [0.25, 0.3) is 5.91 Å². The Balaban J connectivity index is 1.43. The van der Waals surface area contributed by atoms with Gasteiger partial charge in [-0.15, -0.1) is 0 Å². The molecule has 2 N–H and O–H groups in total. The summed E-state index contributed by atoms with van der Waals surface area (Å²) < 4.78 is 0. The number of nitrogens with one attached hydrogen (secondary N) is 2. The highest BCUT2D eigenvalue weighted by Crippen LogP contribution is 2.29. The third kappa shape index (κ3) is 4.29. The molecule has 0 radical (unpaired) electrons. The molecule has 1 aliphatic heterocycles.